The maximum absolute atomic E-state index is 13.5. The third-order valence-electron chi connectivity index (χ3n) is 3.25. The molecule has 2 rings (SSSR count). The Morgan fingerprint density at radius 1 is 1.57 bits per heavy atom. The van der Waals surface area contributed by atoms with E-state index >= 15 is 0 Å². The van der Waals surface area contributed by atoms with Gasteiger partial charge >= 0.3 is 0 Å². The average molecular weight is 291 g/mol. The average Bonchev–Trinajstić information content (AvgIpc) is 2.70. The molecule has 1 N–H and O–H groups in total. The van der Waals surface area contributed by atoms with Crippen molar-refractivity contribution in [3.8, 4) is 11.8 Å². The van der Waals surface area contributed by atoms with Gasteiger partial charge in [0.2, 0.25) is 0 Å². The molecule has 0 bridgehead atoms. The molecular weight excluding hydrogens is 273 g/mol. The number of benzene rings is 1. The van der Waals surface area contributed by atoms with Gasteiger partial charge in [0.1, 0.15) is 12.4 Å². The van der Waals surface area contributed by atoms with Crippen molar-refractivity contribution in [2.45, 2.75) is 19.4 Å². The second-order valence-corrected chi connectivity index (χ2v) is 4.94. The predicted molar refractivity (Wildman–Crippen MR) is 76.3 cm³/mol. The van der Waals surface area contributed by atoms with Crippen molar-refractivity contribution < 1.29 is 19.0 Å². The van der Waals surface area contributed by atoms with Crippen LogP contribution in [0.2, 0.25) is 0 Å². The SMILES string of the molecule is CC1CN(C(=O)c2cc(F)ccc2C#CCO)CCCO1. The van der Waals surface area contributed by atoms with Gasteiger partial charge in [0.25, 0.3) is 5.91 Å². The summed E-state index contributed by atoms with van der Waals surface area (Å²) in [5.41, 5.74) is 0.651. The quantitative estimate of drug-likeness (QED) is 0.796. The Morgan fingerprint density at radius 3 is 3.14 bits per heavy atom. The molecular formula is C16H18FNO3. The summed E-state index contributed by atoms with van der Waals surface area (Å²) in [4.78, 5) is 14.3. The van der Waals surface area contributed by atoms with E-state index in [1.54, 1.807) is 4.90 Å². The van der Waals surface area contributed by atoms with Crippen LogP contribution in [0.25, 0.3) is 0 Å². The summed E-state index contributed by atoms with van der Waals surface area (Å²) in [6.07, 6.45) is 0.709. The maximum atomic E-state index is 13.5. The van der Waals surface area contributed by atoms with E-state index in [-0.39, 0.29) is 24.2 Å². The lowest BCUT2D eigenvalue weighted by atomic mass is 10.1. The van der Waals surface area contributed by atoms with Crippen LogP contribution in [0, 0.1) is 17.7 Å². The molecule has 1 atom stereocenters. The normalized spacial score (nSPS) is 18.6. The minimum absolute atomic E-state index is 0.0445. The largest absolute Gasteiger partial charge is 0.384 e. The highest BCUT2D eigenvalue weighted by molar-refractivity contribution is 5.96. The van der Waals surface area contributed by atoms with Crippen molar-refractivity contribution in [2.75, 3.05) is 26.3 Å². The molecule has 0 aliphatic carbocycles. The van der Waals surface area contributed by atoms with Crippen LogP contribution in [0.1, 0.15) is 29.3 Å². The molecule has 1 aliphatic heterocycles. The van der Waals surface area contributed by atoms with Crippen LogP contribution < -0.4 is 0 Å². The summed E-state index contributed by atoms with van der Waals surface area (Å²) in [6, 6.07) is 3.91. The third kappa shape index (κ3) is 4.03. The summed E-state index contributed by atoms with van der Waals surface area (Å²) < 4.78 is 19.0. The highest BCUT2D eigenvalue weighted by Gasteiger charge is 2.23. The minimum Gasteiger partial charge on any atom is -0.384 e. The van der Waals surface area contributed by atoms with E-state index in [2.05, 4.69) is 11.8 Å². The fourth-order valence-corrected chi connectivity index (χ4v) is 2.29. The molecule has 112 valence electrons. The van der Waals surface area contributed by atoms with Gasteiger partial charge in [-0.05, 0) is 31.5 Å². The van der Waals surface area contributed by atoms with Gasteiger partial charge in [-0.15, -0.1) is 0 Å². The van der Waals surface area contributed by atoms with E-state index in [9.17, 15) is 9.18 Å². The van der Waals surface area contributed by atoms with Crippen molar-refractivity contribution >= 4 is 5.91 Å². The first-order valence-corrected chi connectivity index (χ1v) is 6.92. The lowest BCUT2D eigenvalue weighted by molar-refractivity contribution is 0.0562. The number of rotatable bonds is 1. The fourth-order valence-electron chi connectivity index (χ4n) is 2.29. The zero-order chi connectivity index (χ0) is 15.2. The fraction of sp³-hybridized carbons (Fsp3) is 0.438. The number of carbonyl (C=O) groups excluding carboxylic acids is 1. The van der Waals surface area contributed by atoms with Crippen molar-refractivity contribution in [3.05, 3.63) is 35.1 Å². The lowest BCUT2D eigenvalue weighted by Gasteiger charge is -2.22. The van der Waals surface area contributed by atoms with Crippen LogP contribution in [-0.2, 0) is 4.74 Å². The van der Waals surface area contributed by atoms with Gasteiger partial charge in [-0.2, -0.15) is 0 Å². The highest BCUT2D eigenvalue weighted by Crippen LogP contribution is 2.16. The molecule has 4 nitrogen and oxygen atoms in total. The van der Waals surface area contributed by atoms with Crippen LogP contribution in [0.4, 0.5) is 4.39 Å². The van der Waals surface area contributed by atoms with E-state index in [0.717, 1.165) is 6.42 Å². The number of halogens is 1. The Morgan fingerprint density at radius 2 is 2.38 bits per heavy atom. The summed E-state index contributed by atoms with van der Waals surface area (Å²) in [5, 5.41) is 8.77. The molecule has 1 amide bonds. The Balaban J connectivity index is 2.30. The van der Waals surface area contributed by atoms with Crippen molar-refractivity contribution in [1.82, 2.24) is 4.90 Å². The van der Waals surface area contributed by atoms with Crippen molar-refractivity contribution in [2.24, 2.45) is 0 Å². The molecule has 0 aromatic heterocycles. The standard InChI is InChI=1S/C16H18FNO3/c1-12-11-18(7-3-9-21-12)16(20)15-10-14(17)6-5-13(15)4-2-8-19/h5-6,10,12,19H,3,7-9,11H2,1H3. The van der Waals surface area contributed by atoms with E-state index in [1.165, 1.54) is 18.2 Å². The van der Waals surface area contributed by atoms with Gasteiger partial charge in [0, 0.05) is 25.3 Å². The number of hydrogen-bond donors (Lipinski definition) is 1. The highest BCUT2D eigenvalue weighted by atomic mass is 19.1. The van der Waals surface area contributed by atoms with Gasteiger partial charge in [0.15, 0.2) is 0 Å². The molecule has 0 radical (unpaired) electrons. The Kier molecular flexibility index (Phi) is 5.32. The summed E-state index contributed by atoms with van der Waals surface area (Å²) in [7, 11) is 0. The first-order valence-electron chi connectivity index (χ1n) is 6.92. The van der Waals surface area contributed by atoms with Crippen LogP contribution in [0.15, 0.2) is 18.2 Å². The summed E-state index contributed by atoms with van der Waals surface area (Å²) in [6.45, 7) is 3.27. The van der Waals surface area contributed by atoms with Crippen LogP contribution in [0.5, 0.6) is 0 Å². The van der Waals surface area contributed by atoms with Crippen LogP contribution in [-0.4, -0.2) is 48.3 Å². The third-order valence-corrected chi connectivity index (χ3v) is 3.25. The van der Waals surface area contributed by atoms with Gasteiger partial charge < -0.3 is 14.7 Å². The second kappa shape index (κ2) is 7.21. The number of aliphatic hydroxyl groups excluding tert-OH is 1. The van der Waals surface area contributed by atoms with E-state index in [1.807, 2.05) is 6.92 Å². The molecule has 5 heteroatoms. The van der Waals surface area contributed by atoms with Crippen molar-refractivity contribution in [3.63, 3.8) is 0 Å². The van der Waals surface area contributed by atoms with E-state index in [0.29, 0.717) is 25.3 Å². The number of ether oxygens (including phenoxy) is 1. The van der Waals surface area contributed by atoms with E-state index < -0.39 is 5.82 Å². The zero-order valence-corrected chi connectivity index (χ0v) is 11.9. The Bertz CT molecular complexity index is 577. The molecule has 1 heterocycles. The number of aliphatic hydroxyl groups is 1. The molecule has 1 unspecified atom stereocenters. The minimum atomic E-state index is -0.480. The molecule has 21 heavy (non-hydrogen) atoms. The number of nitrogens with zero attached hydrogens (tertiary/aromatic N) is 1. The van der Waals surface area contributed by atoms with Gasteiger partial charge in [-0.1, -0.05) is 11.8 Å². The number of hydrogen-bond acceptors (Lipinski definition) is 3. The zero-order valence-electron chi connectivity index (χ0n) is 11.9. The number of amides is 1. The molecule has 1 saturated heterocycles. The smallest absolute Gasteiger partial charge is 0.255 e. The van der Waals surface area contributed by atoms with Crippen LogP contribution in [0.3, 0.4) is 0 Å². The molecule has 1 aliphatic rings. The van der Waals surface area contributed by atoms with Crippen molar-refractivity contribution in [1.29, 1.82) is 0 Å². The molecule has 0 saturated carbocycles. The van der Waals surface area contributed by atoms with Gasteiger partial charge in [-0.3, -0.25) is 4.79 Å². The topological polar surface area (TPSA) is 49.8 Å². The van der Waals surface area contributed by atoms with Gasteiger partial charge in [0.05, 0.1) is 11.7 Å². The van der Waals surface area contributed by atoms with Crippen LogP contribution >= 0.6 is 0 Å². The summed E-state index contributed by atoms with van der Waals surface area (Å²) >= 11 is 0. The first-order chi connectivity index (χ1) is 10.1. The second-order valence-electron chi connectivity index (χ2n) is 4.94. The molecule has 1 aromatic rings. The predicted octanol–water partition coefficient (Wildman–Crippen LogP) is 1.42. The molecule has 1 aromatic carbocycles. The first kappa shape index (κ1) is 15.5. The lowest BCUT2D eigenvalue weighted by Crippen LogP contribution is -2.36. The Labute approximate surface area is 123 Å². The monoisotopic (exact) mass is 291 g/mol. The number of carbonyl (C=O) groups is 1. The van der Waals surface area contributed by atoms with Gasteiger partial charge in [-0.25, -0.2) is 4.39 Å². The summed E-state index contributed by atoms with van der Waals surface area (Å²) in [5.74, 6) is 4.45. The molecule has 0 spiro atoms. The molecule has 1 fully saturated rings. The Hall–Kier alpha value is -1.90. The van der Waals surface area contributed by atoms with E-state index in [4.69, 9.17) is 9.84 Å². The maximum Gasteiger partial charge on any atom is 0.255 e.